The molecule has 0 spiro atoms. The Hall–Kier alpha value is -3.12. The number of para-hydroxylation sites is 1. The lowest BCUT2D eigenvalue weighted by molar-refractivity contribution is 0.234. The molecule has 1 aromatic heterocycles. The summed E-state index contributed by atoms with van der Waals surface area (Å²) in [6.07, 6.45) is 0. The zero-order valence-corrected chi connectivity index (χ0v) is 11.7. The number of hydrogen-bond donors (Lipinski definition) is 5. The third kappa shape index (κ3) is 2.68. The van der Waals surface area contributed by atoms with E-state index < -0.39 is 0 Å². The van der Waals surface area contributed by atoms with E-state index in [1.807, 2.05) is 35.8 Å². The minimum absolute atomic E-state index is 0.0669. The summed E-state index contributed by atoms with van der Waals surface area (Å²) in [6, 6.07) is 16.7. The van der Waals surface area contributed by atoms with Gasteiger partial charge in [-0.25, -0.2) is 4.98 Å². The largest absolute Gasteiger partial charge is 0.384 e. The quantitative estimate of drug-likeness (QED) is 0.290. The Kier molecular flexibility index (Phi) is 3.59. The number of aromatic nitrogens is 1. The molecule has 6 nitrogen and oxygen atoms in total. The molecular formula is C16H15N5O. The Morgan fingerprint density at radius 2 is 1.91 bits per heavy atom. The zero-order valence-electron chi connectivity index (χ0n) is 11.7. The van der Waals surface area contributed by atoms with Gasteiger partial charge in [-0.3, -0.25) is 16.1 Å². The summed E-state index contributed by atoms with van der Waals surface area (Å²) < 4.78 is 0. The van der Waals surface area contributed by atoms with Gasteiger partial charge in [-0.1, -0.05) is 30.3 Å². The first-order valence-corrected chi connectivity index (χ1v) is 6.69. The Bertz CT molecular complexity index is 847. The molecule has 110 valence electrons. The van der Waals surface area contributed by atoms with E-state index in [-0.39, 0.29) is 5.84 Å². The van der Waals surface area contributed by atoms with Crippen LogP contribution in [-0.2, 0) is 0 Å². The summed E-state index contributed by atoms with van der Waals surface area (Å²) >= 11 is 0. The fourth-order valence-corrected chi connectivity index (χ4v) is 2.27. The van der Waals surface area contributed by atoms with Gasteiger partial charge in [0.1, 0.15) is 11.7 Å². The number of benzene rings is 2. The molecular weight excluding hydrogens is 278 g/mol. The number of nitrogens with zero attached hydrogens (tertiary/aromatic N) is 1. The summed E-state index contributed by atoms with van der Waals surface area (Å²) in [5, 5.41) is 20.7. The van der Waals surface area contributed by atoms with Gasteiger partial charge in [-0.05, 0) is 18.2 Å². The maximum Gasteiger partial charge on any atom is 0.149 e. The average Bonchev–Trinajstić information content (AvgIpc) is 2.54. The smallest absolute Gasteiger partial charge is 0.149 e. The number of fused-ring (bicyclic) bond motifs is 1. The van der Waals surface area contributed by atoms with Crippen LogP contribution in [0.5, 0.6) is 0 Å². The summed E-state index contributed by atoms with van der Waals surface area (Å²) in [6.45, 7) is 0. The van der Waals surface area contributed by atoms with Crippen molar-refractivity contribution >= 4 is 33.9 Å². The number of pyridine rings is 1. The third-order valence-electron chi connectivity index (χ3n) is 3.28. The molecule has 3 aromatic rings. The highest BCUT2D eigenvalue weighted by Crippen LogP contribution is 2.27. The maximum atomic E-state index is 8.83. The highest BCUT2D eigenvalue weighted by molar-refractivity contribution is 5.98. The van der Waals surface area contributed by atoms with Crippen LogP contribution in [0.15, 0.2) is 54.6 Å². The van der Waals surface area contributed by atoms with Gasteiger partial charge < -0.3 is 11.1 Å². The second-order valence-electron chi connectivity index (χ2n) is 4.80. The second-order valence-corrected chi connectivity index (χ2v) is 4.80. The van der Waals surface area contributed by atoms with Gasteiger partial charge in [0.05, 0.1) is 11.2 Å². The number of nitrogen functional groups attached to an aromatic ring is 1. The number of nitrogens with one attached hydrogen (secondary N) is 3. The van der Waals surface area contributed by atoms with Crippen molar-refractivity contribution in [3.63, 3.8) is 0 Å². The Labute approximate surface area is 127 Å². The van der Waals surface area contributed by atoms with Crippen LogP contribution in [0, 0.1) is 5.41 Å². The van der Waals surface area contributed by atoms with Gasteiger partial charge in [0.2, 0.25) is 0 Å². The van der Waals surface area contributed by atoms with Crippen molar-refractivity contribution in [1.82, 2.24) is 10.5 Å². The predicted molar refractivity (Wildman–Crippen MR) is 87.6 cm³/mol. The molecule has 0 saturated heterocycles. The van der Waals surface area contributed by atoms with Gasteiger partial charge in [0.15, 0.2) is 0 Å². The first-order chi connectivity index (χ1) is 10.7. The van der Waals surface area contributed by atoms with E-state index in [4.69, 9.17) is 16.4 Å². The first-order valence-electron chi connectivity index (χ1n) is 6.69. The summed E-state index contributed by atoms with van der Waals surface area (Å²) in [7, 11) is 0. The number of hydroxylamine groups is 1. The van der Waals surface area contributed by atoms with Gasteiger partial charge in [0, 0.05) is 22.7 Å². The normalized spacial score (nSPS) is 10.4. The van der Waals surface area contributed by atoms with E-state index in [9.17, 15) is 0 Å². The number of amidine groups is 1. The molecule has 6 heteroatoms. The number of nitrogens with two attached hydrogens (primary N) is 1. The topological polar surface area (TPSA) is 107 Å². The van der Waals surface area contributed by atoms with Crippen LogP contribution in [0.1, 0.15) is 5.56 Å². The molecule has 0 atom stereocenters. The van der Waals surface area contributed by atoms with Gasteiger partial charge in [-0.2, -0.15) is 0 Å². The molecule has 0 radical (unpaired) electrons. The molecule has 0 fully saturated rings. The van der Waals surface area contributed by atoms with Crippen molar-refractivity contribution in [2.45, 2.75) is 0 Å². The summed E-state index contributed by atoms with van der Waals surface area (Å²) in [4.78, 5) is 4.30. The second kappa shape index (κ2) is 5.71. The Morgan fingerprint density at radius 1 is 1.09 bits per heavy atom. The van der Waals surface area contributed by atoms with E-state index in [1.54, 1.807) is 24.3 Å². The molecule has 22 heavy (non-hydrogen) atoms. The number of rotatable bonds is 3. The molecule has 3 rings (SSSR count). The van der Waals surface area contributed by atoms with E-state index in [1.165, 1.54) is 0 Å². The van der Waals surface area contributed by atoms with Crippen molar-refractivity contribution < 1.29 is 5.21 Å². The highest BCUT2D eigenvalue weighted by Gasteiger charge is 2.06. The van der Waals surface area contributed by atoms with Gasteiger partial charge in [0.25, 0.3) is 0 Å². The molecule has 0 amide bonds. The van der Waals surface area contributed by atoms with E-state index in [0.29, 0.717) is 11.4 Å². The fourth-order valence-electron chi connectivity index (χ4n) is 2.27. The van der Waals surface area contributed by atoms with Crippen molar-refractivity contribution in [2.24, 2.45) is 0 Å². The van der Waals surface area contributed by atoms with Crippen LogP contribution < -0.4 is 16.5 Å². The molecule has 0 aliphatic carbocycles. The first kappa shape index (κ1) is 13.8. The lowest BCUT2D eigenvalue weighted by Crippen LogP contribution is -2.18. The number of hydrogen-bond acceptors (Lipinski definition) is 5. The van der Waals surface area contributed by atoms with Gasteiger partial charge >= 0.3 is 0 Å². The standard InChI is InChI=1S/C16H15N5O/c17-15-9-14(12-6-1-2-7-13(12)20-15)19-11-5-3-4-10(8-11)16(18)21-22/h1-9,22H,(H2,18,21)(H3,17,19,20). The summed E-state index contributed by atoms with van der Waals surface area (Å²) in [5.41, 5.74) is 10.7. The van der Waals surface area contributed by atoms with E-state index in [0.717, 1.165) is 22.3 Å². The molecule has 0 aliphatic rings. The minimum Gasteiger partial charge on any atom is -0.384 e. The molecule has 0 saturated carbocycles. The molecule has 0 aliphatic heterocycles. The van der Waals surface area contributed by atoms with E-state index in [2.05, 4.69) is 10.3 Å². The van der Waals surface area contributed by atoms with Crippen molar-refractivity contribution in [2.75, 3.05) is 11.1 Å². The zero-order chi connectivity index (χ0) is 15.5. The van der Waals surface area contributed by atoms with Gasteiger partial charge in [-0.15, -0.1) is 0 Å². The lowest BCUT2D eigenvalue weighted by Gasteiger charge is -2.12. The molecule has 2 aromatic carbocycles. The number of anilines is 3. The minimum atomic E-state index is -0.0669. The molecule has 0 unspecified atom stereocenters. The van der Waals surface area contributed by atoms with Crippen LogP contribution >= 0.6 is 0 Å². The Balaban J connectivity index is 2.02. The SMILES string of the molecule is N=C(NO)c1cccc(Nc2cc(N)nc3ccccc23)c1. The van der Waals surface area contributed by atoms with E-state index >= 15 is 0 Å². The van der Waals surface area contributed by atoms with Crippen LogP contribution in [0.2, 0.25) is 0 Å². The van der Waals surface area contributed by atoms with Crippen molar-refractivity contribution in [3.05, 3.63) is 60.2 Å². The lowest BCUT2D eigenvalue weighted by atomic mass is 10.1. The molecule has 0 bridgehead atoms. The molecule has 1 heterocycles. The molecule has 6 N–H and O–H groups in total. The van der Waals surface area contributed by atoms with Crippen LogP contribution in [0.3, 0.4) is 0 Å². The fraction of sp³-hybridized carbons (Fsp3) is 0. The summed E-state index contributed by atoms with van der Waals surface area (Å²) in [5.74, 6) is 0.366. The predicted octanol–water partition coefficient (Wildman–Crippen LogP) is 2.86. The van der Waals surface area contributed by atoms with Crippen molar-refractivity contribution in [3.8, 4) is 0 Å². The van der Waals surface area contributed by atoms with Crippen LogP contribution in [0.4, 0.5) is 17.2 Å². The van der Waals surface area contributed by atoms with Crippen LogP contribution in [-0.4, -0.2) is 16.0 Å². The van der Waals surface area contributed by atoms with Crippen molar-refractivity contribution in [1.29, 1.82) is 5.41 Å². The van der Waals surface area contributed by atoms with Crippen LogP contribution in [0.25, 0.3) is 10.9 Å². The third-order valence-corrected chi connectivity index (χ3v) is 3.28. The average molecular weight is 293 g/mol. The monoisotopic (exact) mass is 293 g/mol. The highest BCUT2D eigenvalue weighted by atomic mass is 16.5. The maximum absolute atomic E-state index is 8.83. The Morgan fingerprint density at radius 3 is 2.73 bits per heavy atom.